The van der Waals surface area contributed by atoms with Crippen LogP contribution in [0.2, 0.25) is 0 Å². The molecule has 2 aromatic heterocycles. The molecule has 8 heteroatoms. The van der Waals surface area contributed by atoms with Crippen LogP contribution in [0, 0.1) is 0 Å². The van der Waals surface area contributed by atoms with Gasteiger partial charge in [0.1, 0.15) is 0 Å². The molecule has 1 aliphatic heterocycles. The van der Waals surface area contributed by atoms with Gasteiger partial charge < -0.3 is 14.8 Å². The van der Waals surface area contributed by atoms with Crippen molar-refractivity contribution in [2.75, 3.05) is 38.7 Å². The zero-order valence-electron chi connectivity index (χ0n) is 17.2. The lowest BCUT2D eigenvalue weighted by Gasteiger charge is -2.28. The number of amides is 1. The smallest absolute Gasteiger partial charge is 0.246 e. The fourth-order valence-electron chi connectivity index (χ4n) is 3.91. The second-order valence-corrected chi connectivity index (χ2v) is 10.3. The van der Waals surface area contributed by atoms with E-state index in [0.717, 1.165) is 21.8 Å². The van der Waals surface area contributed by atoms with E-state index in [1.54, 1.807) is 17.2 Å². The Balaban J connectivity index is 1.57. The third-order valence-corrected chi connectivity index (χ3v) is 7.28. The maximum atomic E-state index is 12.9. The highest BCUT2D eigenvalue weighted by molar-refractivity contribution is 7.91. The first-order valence-corrected chi connectivity index (χ1v) is 11.8. The first-order chi connectivity index (χ1) is 14.3. The van der Waals surface area contributed by atoms with E-state index in [0.29, 0.717) is 25.2 Å². The lowest BCUT2D eigenvalue weighted by Crippen LogP contribution is -2.43. The number of hydrogen-bond donors (Lipinski definition) is 1. The first-order valence-electron chi connectivity index (χ1n) is 10.0. The summed E-state index contributed by atoms with van der Waals surface area (Å²) in [7, 11) is 0.804. The molecule has 3 heterocycles. The minimum atomic E-state index is -3.07. The molecule has 158 valence electrons. The van der Waals surface area contributed by atoms with E-state index in [2.05, 4.69) is 16.0 Å². The molecule has 1 aliphatic rings. The number of pyridine rings is 1. The highest BCUT2D eigenvalue weighted by Crippen LogP contribution is 2.25. The number of sulfone groups is 1. The average molecular weight is 427 g/mol. The van der Waals surface area contributed by atoms with E-state index < -0.39 is 9.84 Å². The third kappa shape index (κ3) is 4.39. The standard InChI is InChI=1S/C22H26N4O3S/c1-25(2)10-11-26(17-9-12-30(28,29)15-17)22(27)8-7-16-13-19-18-5-3-4-6-20(18)24-21(19)14-23-16/h3-8,13-14,17,24H,9-12,15H2,1-2H3/b8-7+. The molecule has 0 bridgehead atoms. The molecule has 0 aliphatic carbocycles. The quantitative estimate of drug-likeness (QED) is 0.612. The molecular weight excluding hydrogens is 400 g/mol. The molecule has 1 fully saturated rings. The van der Waals surface area contributed by atoms with E-state index in [9.17, 15) is 13.2 Å². The molecule has 4 rings (SSSR count). The maximum absolute atomic E-state index is 12.9. The summed E-state index contributed by atoms with van der Waals surface area (Å²) in [5.41, 5.74) is 2.68. The fourth-order valence-corrected chi connectivity index (χ4v) is 5.64. The van der Waals surface area contributed by atoms with Crippen molar-refractivity contribution in [3.05, 3.63) is 48.3 Å². The van der Waals surface area contributed by atoms with Gasteiger partial charge in [-0.05, 0) is 38.7 Å². The van der Waals surface area contributed by atoms with Gasteiger partial charge in [-0.2, -0.15) is 0 Å². The highest BCUT2D eigenvalue weighted by Gasteiger charge is 2.33. The Labute approximate surface area is 176 Å². The van der Waals surface area contributed by atoms with Crippen LogP contribution in [-0.4, -0.2) is 78.8 Å². The van der Waals surface area contributed by atoms with Gasteiger partial charge in [0.2, 0.25) is 5.91 Å². The number of benzene rings is 1. The van der Waals surface area contributed by atoms with Gasteiger partial charge >= 0.3 is 0 Å². The molecule has 1 saturated heterocycles. The first kappa shape index (κ1) is 20.6. The Kier molecular flexibility index (Phi) is 5.62. The SMILES string of the molecule is CN(C)CCN(C(=O)/C=C/c1cc2c(cn1)[nH]c1ccccc12)C1CCS(=O)(=O)C1. The zero-order chi connectivity index (χ0) is 21.3. The minimum absolute atomic E-state index is 0.0412. The molecule has 1 amide bonds. The Morgan fingerprint density at radius 3 is 2.73 bits per heavy atom. The number of hydrogen-bond acceptors (Lipinski definition) is 5. The Morgan fingerprint density at radius 2 is 2.00 bits per heavy atom. The number of nitrogens with one attached hydrogen (secondary N) is 1. The van der Waals surface area contributed by atoms with Gasteiger partial charge in [0.05, 0.1) is 28.9 Å². The summed E-state index contributed by atoms with van der Waals surface area (Å²) in [6.45, 7) is 1.17. The molecule has 3 aromatic rings. The summed E-state index contributed by atoms with van der Waals surface area (Å²) in [6.07, 6.45) is 5.47. The molecule has 1 atom stereocenters. The number of carbonyl (C=O) groups is 1. The van der Waals surface area contributed by atoms with Gasteiger partial charge in [0, 0.05) is 41.5 Å². The van der Waals surface area contributed by atoms with Gasteiger partial charge in [-0.3, -0.25) is 9.78 Å². The lowest BCUT2D eigenvalue weighted by atomic mass is 10.1. The van der Waals surface area contributed by atoms with Crippen molar-refractivity contribution in [3.63, 3.8) is 0 Å². The number of H-pyrrole nitrogens is 1. The number of nitrogens with zero attached hydrogens (tertiary/aromatic N) is 3. The summed E-state index contributed by atoms with van der Waals surface area (Å²) in [6, 6.07) is 9.74. The van der Waals surface area contributed by atoms with Crippen LogP contribution >= 0.6 is 0 Å². The summed E-state index contributed by atoms with van der Waals surface area (Å²) in [5, 5.41) is 2.17. The molecule has 30 heavy (non-hydrogen) atoms. The van der Waals surface area contributed by atoms with Gasteiger partial charge in [-0.25, -0.2) is 8.42 Å². The van der Waals surface area contributed by atoms with E-state index in [1.807, 2.05) is 43.3 Å². The van der Waals surface area contributed by atoms with Crippen molar-refractivity contribution in [1.29, 1.82) is 0 Å². The molecule has 1 aromatic carbocycles. The van der Waals surface area contributed by atoms with Gasteiger partial charge in [-0.15, -0.1) is 0 Å². The third-order valence-electron chi connectivity index (χ3n) is 5.53. The van der Waals surface area contributed by atoms with Crippen LogP contribution in [0.3, 0.4) is 0 Å². The minimum Gasteiger partial charge on any atom is -0.353 e. The molecule has 1 N–H and O–H groups in total. The van der Waals surface area contributed by atoms with Gasteiger partial charge in [-0.1, -0.05) is 18.2 Å². The number of aromatic amines is 1. The highest BCUT2D eigenvalue weighted by atomic mass is 32.2. The Bertz CT molecular complexity index is 1210. The summed E-state index contributed by atoms with van der Waals surface area (Å²) < 4.78 is 23.8. The monoisotopic (exact) mass is 426 g/mol. The van der Waals surface area contributed by atoms with E-state index in [4.69, 9.17) is 0 Å². The maximum Gasteiger partial charge on any atom is 0.246 e. The van der Waals surface area contributed by atoms with Crippen molar-refractivity contribution in [1.82, 2.24) is 19.8 Å². The van der Waals surface area contributed by atoms with E-state index >= 15 is 0 Å². The number of para-hydroxylation sites is 1. The molecular formula is C22H26N4O3S. The van der Waals surface area contributed by atoms with Crippen molar-refractivity contribution in [3.8, 4) is 0 Å². The number of aromatic nitrogens is 2. The predicted octanol–water partition coefficient (Wildman–Crippen LogP) is 2.31. The van der Waals surface area contributed by atoms with Crippen molar-refractivity contribution in [2.45, 2.75) is 12.5 Å². The summed E-state index contributed by atoms with van der Waals surface area (Å²) >= 11 is 0. The van der Waals surface area contributed by atoms with E-state index in [1.165, 1.54) is 6.08 Å². The van der Waals surface area contributed by atoms with Crippen molar-refractivity contribution >= 4 is 43.6 Å². The lowest BCUT2D eigenvalue weighted by molar-refractivity contribution is -0.127. The van der Waals surface area contributed by atoms with Crippen LogP contribution in [0.15, 0.2) is 42.6 Å². The van der Waals surface area contributed by atoms with Gasteiger partial charge in [0.25, 0.3) is 0 Å². The van der Waals surface area contributed by atoms with Crippen molar-refractivity contribution in [2.24, 2.45) is 0 Å². The number of rotatable bonds is 6. The average Bonchev–Trinajstić information content (AvgIpc) is 3.25. The van der Waals surface area contributed by atoms with Crippen LogP contribution in [0.5, 0.6) is 0 Å². The number of carbonyl (C=O) groups excluding carboxylic acids is 1. The number of fused-ring (bicyclic) bond motifs is 3. The number of likely N-dealkylation sites (N-methyl/N-ethyl adjacent to an activating group) is 1. The summed E-state index contributed by atoms with van der Waals surface area (Å²) in [4.78, 5) is 24.4. The van der Waals surface area contributed by atoms with Crippen LogP contribution in [0.25, 0.3) is 27.9 Å². The molecule has 0 saturated carbocycles. The van der Waals surface area contributed by atoms with Crippen LogP contribution in [0.4, 0.5) is 0 Å². The normalized spacial score (nSPS) is 18.7. The van der Waals surface area contributed by atoms with Gasteiger partial charge in [0.15, 0.2) is 9.84 Å². The Hall–Kier alpha value is -2.71. The molecule has 0 radical (unpaired) electrons. The zero-order valence-corrected chi connectivity index (χ0v) is 18.0. The van der Waals surface area contributed by atoms with Crippen LogP contribution < -0.4 is 0 Å². The summed E-state index contributed by atoms with van der Waals surface area (Å²) in [5.74, 6) is 0.00522. The molecule has 7 nitrogen and oxygen atoms in total. The van der Waals surface area contributed by atoms with Crippen LogP contribution in [-0.2, 0) is 14.6 Å². The largest absolute Gasteiger partial charge is 0.353 e. The molecule has 0 spiro atoms. The second-order valence-electron chi connectivity index (χ2n) is 8.05. The fraction of sp³-hybridized carbons (Fsp3) is 0.364. The molecule has 1 unspecified atom stereocenters. The topological polar surface area (TPSA) is 86.4 Å². The Morgan fingerprint density at radius 1 is 1.20 bits per heavy atom. The second kappa shape index (κ2) is 8.20. The van der Waals surface area contributed by atoms with Crippen LogP contribution in [0.1, 0.15) is 12.1 Å². The van der Waals surface area contributed by atoms with E-state index in [-0.39, 0.29) is 23.5 Å². The van der Waals surface area contributed by atoms with Crippen molar-refractivity contribution < 1.29 is 13.2 Å². The predicted molar refractivity (Wildman–Crippen MR) is 120 cm³/mol.